The van der Waals surface area contributed by atoms with Gasteiger partial charge in [-0.1, -0.05) is 6.92 Å². The van der Waals surface area contributed by atoms with E-state index in [-0.39, 0.29) is 6.04 Å². The van der Waals surface area contributed by atoms with Gasteiger partial charge in [-0.2, -0.15) is 24.9 Å². The quantitative estimate of drug-likeness (QED) is 0.832. The number of anilines is 1. The zero-order chi connectivity index (χ0) is 13.3. The second-order valence-electron chi connectivity index (χ2n) is 4.31. The topological polar surface area (TPSA) is 12.0 Å². The standard InChI is InChI=1S/C12H13BrF3NS/c1-7-10(4-5-18-7)17-11-6-8(12(14,15)16)2-3-9(11)13/h2-3,6-7,10,17H,4-5H2,1H3. The third-order valence-corrected chi connectivity index (χ3v) is 5.03. The lowest BCUT2D eigenvalue weighted by molar-refractivity contribution is -0.137. The van der Waals surface area contributed by atoms with Crippen LogP contribution in [0.25, 0.3) is 0 Å². The van der Waals surface area contributed by atoms with Gasteiger partial charge < -0.3 is 5.32 Å². The van der Waals surface area contributed by atoms with Gasteiger partial charge in [0, 0.05) is 21.5 Å². The lowest BCUT2D eigenvalue weighted by Crippen LogP contribution is -2.25. The molecule has 0 spiro atoms. The van der Waals surface area contributed by atoms with E-state index in [1.54, 1.807) is 0 Å². The number of alkyl halides is 3. The molecule has 6 heteroatoms. The van der Waals surface area contributed by atoms with Gasteiger partial charge >= 0.3 is 6.18 Å². The molecule has 1 nitrogen and oxygen atoms in total. The smallest absolute Gasteiger partial charge is 0.380 e. The van der Waals surface area contributed by atoms with E-state index in [9.17, 15) is 13.2 Å². The summed E-state index contributed by atoms with van der Waals surface area (Å²) < 4.78 is 38.6. The maximum Gasteiger partial charge on any atom is 0.416 e. The van der Waals surface area contributed by atoms with Crippen molar-refractivity contribution in [2.24, 2.45) is 0 Å². The summed E-state index contributed by atoms with van der Waals surface area (Å²) in [6.45, 7) is 2.09. The highest BCUT2D eigenvalue weighted by Gasteiger charge is 2.31. The first-order chi connectivity index (χ1) is 8.38. The van der Waals surface area contributed by atoms with E-state index in [1.165, 1.54) is 12.1 Å². The predicted molar refractivity (Wildman–Crippen MR) is 73.1 cm³/mol. The lowest BCUT2D eigenvalue weighted by atomic mass is 10.1. The van der Waals surface area contributed by atoms with Crippen LogP contribution in [0.3, 0.4) is 0 Å². The summed E-state index contributed by atoms with van der Waals surface area (Å²) in [7, 11) is 0. The van der Waals surface area contributed by atoms with Crippen LogP contribution >= 0.6 is 27.7 Å². The number of hydrogen-bond donors (Lipinski definition) is 1. The monoisotopic (exact) mass is 339 g/mol. The van der Waals surface area contributed by atoms with Gasteiger partial charge in [-0.05, 0) is 46.3 Å². The SMILES string of the molecule is CC1SCCC1Nc1cc(C(F)(F)F)ccc1Br. The number of hydrogen-bond acceptors (Lipinski definition) is 2. The molecule has 100 valence electrons. The number of benzene rings is 1. The molecule has 0 saturated carbocycles. The Morgan fingerprint density at radius 1 is 1.39 bits per heavy atom. The van der Waals surface area contributed by atoms with E-state index in [2.05, 4.69) is 28.2 Å². The van der Waals surface area contributed by atoms with Gasteiger partial charge in [0.25, 0.3) is 0 Å². The van der Waals surface area contributed by atoms with E-state index < -0.39 is 11.7 Å². The third kappa shape index (κ3) is 3.15. The first-order valence-corrected chi connectivity index (χ1v) is 7.47. The molecule has 1 aliphatic heterocycles. The molecular weight excluding hydrogens is 327 g/mol. The molecule has 0 aliphatic carbocycles. The van der Waals surface area contributed by atoms with Gasteiger partial charge in [-0.15, -0.1) is 0 Å². The van der Waals surface area contributed by atoms with Crippen LogP contribution in [0.5, 0.6) is 0 Å². The Hall–Kier alpha value is -0.360. The number of halogens is 4. The summed E-state index contributed by atoms with van der Waals surface area (Å²) in [6.07, 6.45) is -3.32. The van der Waals surface area contributed by atoms with E-state index in [0.717, 1.165) is 18.2 Å². The fraction of sp³-hybridized carbons (Fsp3) is 0.500. The molecule has 1 heterocycles. The minimum atomic E-state index is -4.30. The van der Waals surface area contributed by atoms with E-state index >= 15 is 0 Å². The van der Waals surface area contributed by atoms with Crippen LogP contribution in [0, 0.1) is 0 Å². The van der Waals surface area contributed by atoms with Crippen molar-refractivity contribution in [1.82, 2.24) is 0 Å². The van der Waals surface area contributed by atoms with Crippen molar-refractivity contribution in [1.29, 1.82) is 0 Å². The molecule has 1 aromatic carbocycles. The fourth-order valence-corrected chi connectivity index (χ4v) is 3.49. The minimum Gasteiger partial charge on any atom is -0.380 e. The molecule has 1 saturated heterocycles. The summed E-state index contributed by atoms with van der Waals surface area (Å²) in [5.41, 5.74) is -0.101. The number of nitrogens with one attached hydrogen (secondary N) is 1. The van der Waals surface area contributed by atoms with Crippen LogP contribution in [0.4, 0.5) is 18.9 Å². The Bertz CT molecular complexity index is 436. The Labute approximate surface area is 117 Å². The zero-order valence-corrected chi connectivity index (χ0v) is 12.1. The number of thioether (sulfide) groups is 1. The van der Waals surface area contributed by atoms with Crippen molar-refractivity contribution < 1.29 is 13.2 Å². The molecular formula is C12H13BrF3NS. The van der Waals surface area contributed by atoms with Crippen LogP contribution in [0.2, 0.25) is 0 Å². The molecule has 2 rings (SSSR count). The van der Waals surface area contributed by atoms with Crippen LogP contribution in [0.15, 0.2) is 22.7 Å². The molecule has 0 aromatic heterocycles. The molecule has 1 N–H and O–H groups in total. The largest absolute Gasteiger partial charge is 0.416 e. The Morgan fingerprint density at radius 2 is 2.11 bits per heavy atom. The van der Waals surface area contributed by atoms with Gasteiger partial charge in [0.05, 0.1) is 5.56 Å². The molecule has 0 radical (unpaired) electrons. The lowest BCUT2D eigenvalue weighted by Gasteiger charge is -2.20. The molecule has 1 fully saturated rings. The minimum absolute atomic E-state index is 0.231. The molecule has 0 amide bonds. The van der Waals surface area contributed by atoms with Crippen LogP contribution in [-0.2, 0) is 6.18 Å². The van der Waals surface area contributed by atoms with E-state index in [0.29, 0.717) is 15.4 Å². The van der Waals surface area contributed by atoms with Crippen LogP contribution in [0.1, 0.15) is 18.9 Å². The maximum absolute atomic E-state index is 12.6. The normalized spacial score (nSPS) is 24.3. The van der Waals surface area contributed by atoms with E-state index in [4.69, 9.17) is 0 Å². The third-order valence-electron chi connectivity index (χ3n) is 3.01. The molecule has 18 heavy (non-hydrogen) atoms. The van der Waals surface area contributed by atoms with Gasteiger partial charge in [-0.25, -0.2) is 0 Å². The van der Waals surface area contributed by atoms with Crippen molar-refractivity contribution in [3.8, 4) is 0 Å². The summed E-state index contributed by atoms with van der Waals surface area (Å²) >= 11 is 5.13. The van der Waals surface area contributed by atoms with Crippen molar-refractivity contribution in [3.63, 3.8) is 0 Å². The van der Waals surface area contributed by atoms with Crippen LogP contribution < -0.4 is 5.32 Å². The second kappa shape index (κ2) is 5.33. The van der Waals surface area contributed by atoms with Crippen LogP contribution in [-0.4, -0.2) is 17.0 Å². The van der Waals surface area contributed by atoms with Crippen molar-refractivity contribution in [3.05, 3.63) is 28.2 Å². The Balaban J connectivity index is 2.21. The summed E-state index contributed by atoms with van der Waals surface area (Å²) in [4.78, 5) is 0. The molecule has 1 aromatic rings. The van der Waals surface area contributed by atoms with E-state index in [1.807, 2.05) is 11.8 Å². The fourth-order valence-electron chi connectivity index (χ4n) is 1.93. The molecule has 0 bridgehead atoms. The highest BCUT2D eigenvalue weighted by molar-refractivity contribution is 9.10. The number of rotatable bonds is 2. The second-order valence-corrected chi connectivity index (χ2v) is 6.65. The molecule has 2 unspecified atom stereocenters. The maximum atomic E-state index is 12.6. The average Bonchev–Trinajstić information content (AvgIpc) is 2.66. The average molecular weight is 340 g/mol. The summed E-state index contributed by atoms with van der Waals surface area (Å²) in [5.74, 6) is 1.05. The zero-order valence-electron chi connectivity index (χ0n) is 9.72. The van der Waals surface area contributed by atoms with Crippen molar-refractivity contribution in [2.75, 3.05) is 11.1 Å². The van der Waals surface area contributed by atoms with Gasteiger partial charge in [0.1, 0.15) is 0 Å². The summed E-state index contributed by atoms with van der Waals surface area (Å²) in [5, 5.41) is 3.63. The highest BCUT2D eigenvalue weighted by atomic mass is 79.9. The van der Waals surface area contributed by atoms with Crippen molar-refractivity contribution in [2.45, 2.75) is 30.8 Å². The van der Waals surface area contributed by atoms with Gasteiger partial charge in [0.15, 0.2) is 0 Å². The summed E-state index contributed by atoms with van der Waals surface area (Å²) in [6, 6.07) is 3.93. The van der Waals surface area contributed by atoms with Gasteiger partial charge in [-0.3, -0.25) is 0 Å². The first-order valence-electron chi connectivity index (χ1n) is 5.63. The van der Waals surface area contributed by atoms with Gasteiger partial charge in [0.2, 0.25) is 0 Å². The molecule has 2 atom stereocenters. The first kappa shape index (κ1) is 14.1. The predicted octanol–water partition coefficient (Wildman–Crippen LogP) is 4.77. The Morgan fingerprint density at radius 3 is 2.67 bits per heavy atom. The molecule has 1 aliphatic rings. The Kier molecular flexibility index (Phi) is 4.16. The highest BCUT2D eigenvalue weighted by Crippen LogP contribution is 2.36. The van der Waals surface area contributed by atoms with Crippen molar-refractivity contribution >= 4 is 33.4 Å².